The topological polar surface area (TPSA) is 40.5 Å². The van der Waals surface area contributed by atoms with Crippen molar-refractivity contribution in [1.29, 1.82) is 0 Å². The first-order valence-corrected chi connectivity index (χ1v) is 4.02. The average Bonchev–Trinajstić information content (AvgIpc) is 2.15. The molecule has 1 atom stereocenters. The van der Waals surface area contributed by atoms with Crippen molar-refractivity contribution in [3.63, 3.8) is 0 Å². The first-order chi connectivity index (χ1) is 6.86. The second kappa shape index (κ2) is 4.16. The van der Waals surface area contributed by atoms with E-state index >= 15 is 0 Å². The number of hydrogen-bond donors (Lipinski definition) is 2. The smallest absolute Gasteiger partial charge is 0.393 e. The Morgan fingerprint density at radius 1 is 1.27 bits per heavy atom. The first-order valence-electron chi connectivity index (χ1n) is 4.02. The van der Waals surface area contributed by atoms with Crippen LogP contribution in [0.4, 0.5) is 17.6 Å². The van der Waals surface area contributed by atoms with E-state index in [0.717, 1.165) is 6.07 Å². The van der Waals surface area contributed by atoms with Crippen LogP contribution in [-0.2, 0) is 6.18 Å². The Morgan fingerprint density at radius 3 is 2.27 bits per heavy atom. The van der Waals surface area contributed by atoms with E-state index in [4.69, 9.17) is 10.2 Å². The molecule has 84 valence electrons. The van der Waals surface area contributed by atoms with Crippen LogP contribution < -0.4 is 0 Å². The van der Waals surface area contributed by atoms with Gasteiger partial charge in [-0.1, -0.05) is 6.07 Å². The molecule has 15 heavy (non-hydrogen) atoms. The van der Waals surface area contributed by atoms with Crippen LogP contribution in [0.15, 0.2) is 18.2 Å². The molecule has 0 fully saturated rings. The number of hydrogen-bond acceptors (Lipinski definition) is 2. The lowest BCUT2D eigenvalue weighted by atomic mass is 10.1. The minimum absolute atomic E-state index is 0.286. The van der Waals surface area contributed by atoms with Crippen molar-refractivity contribution in [2.45, 2.75) is 12.3 Å². The molecule has 0 radical (unpaired) electrons. The molecule has 0 spiro atoms. The monoisotopic (exact) mass is 224 g/mol. The number of aliphatic hydroxyl groups excluding tert-OH is 2. The van der Waals surface area contributed by atoms with Crippen molar-refractivity contribution in [2.24, 2.45) is 0 Å². The summed E-state index contributed by atoms with van der Waals surface area (Å²) in [6, 6.07) is 1.74. The molecular formula is C9H8F4O2. The van der Waals surface area contributed by atoms with Gasteiger partial charge in [-0.15, -0.1) is 0 Å². The van der Waals surface area contributed by atoms with E-state index in [1.165, 1.54) is 0 Å². The number of halogens is 4. The zero-order valence-corrected chi connectivity index (χ0v) is 7.42. The molecule has 1 rings (SSSR count). The highest BCUT2D eigenvalue weighted by molar-refractivity contribution is 5.27. The predicted molar refractivity (Wildman–Crippen MR) is 43.4 cm³/mol. The fraction of sp³-hybridized carbons (Fsp3) is 0.333. The number of rotatable bonds is 2. The molecular weight excluding hydrogens is 216 g/mol. The molecule has 0 saturated carbocycles. The summed E-state index contributed by atoms with van der Waals surface area (Å²) in [7, 11) is 0. The van der Waals surface area contributed by atoms with E-state index in [2.05, 4.69) is 0 Å². The highest BCUT2D eigenvalue weighted by Gasteiger charge is 2.31. The fourth-order valence-electron chi connectivity index (χ4n) is 1.07. The van der Waals surface area contributed by atoms with E-state index in [1.807, 2.05) is 0 Å². The molecule has 2 nitrogen and oxygen atoms in total. The summed E-state index contributed by atoms with van der Waals surface area (Å²) in [6.07, 6.45) is -6.13. The summed E-state index contributed by atoms with van der Waals surface area (Å²) in [5, 5.41) is 17.5. The quantitative estimate of drug-likeness (QED) is 0.753. The fourth-order valence-corrected chi connectivity index (χ4v) is 1.07. The molecule has 0 amide bonds. The van der Waals surface area contributed by atoms with Crippen LogP contribution in [0.25, 0.3) is 0 Å². The molecule has 0 aliphatic carbocycles. The van der Waals surface area contributed by atoms with Gasteiger partial charge < -0.3 is 10.2 Å². The van der Waals surface area contributed by atoms with Crippen LogP contribution >= 0.6 is 0 Å². The van der Waals surface area contributed by atoms with Crippen molar-refractivity contribution in [2.75, 3.05) is 6.61 Å². The normalized spacial score (nSPS) is 14.0. The molecule has 0 aromatic heterocycles. The lowest BCUT2D eigenvalue weighted by molar-refractivity contribution is -0.137. The summed E-state index contributed by atoms with van der Waals surface area (Å²) in [5.74, 6) is -1.19. The van der Waals surface area contributed by atoms with Crippen molar-refractivity contribution in [1.82, 2.24) is 0 Å². The third-order valence-electron chi connectivity index (χ3n) is 1.86. The SMILES string of the molecule is OCC(O)c1ccc(C(F)(F)F)cc1F. The molecule has 0 aliphatic rings. The third-order valence-corrected chi connectivity index (χ3v) is 1.86. The van der Waals surface area contributed by atoms with Gasteiger partial charge in [0.25, 0.3) is 0 Å². The zero-order chi connectivity index (χ0) is 11.6. The summed E-state index contributed by atoms with van der Waals surface area (Å²) in [4.78, 5) is 0. The lowest BCUT2D eigenvalue weighted by Gasteiger charge is -2.11. The van der Waals surface area contributed by atoms with Gasteiger partial charge in [-0.3, -0.25) is 0 Å². The third kappa shape index (κ3) is 2.66. The van der Waals surface area contributed by atoms with Crippen LogP contribution in [-0.4, -0.2) is 16.8 Å². The molecule has 2 N–H and O–H groups in total. The van der Waals surface area contributed by atoms with Crippen LogP contribution in [0.2, 0.25) is 0 Å². The largest absolute Gasteiger partial charge is 0.416 e. The predicted octanol–water partition coefficient (Wildman–Crippen LogP) is 1.87. The van der Waals surface area contributed by atoms with E-state index in [9.17, 15) is 17.6 Å². The minimum Gasteiger partial charge on any atom is -0.393 e. The molecule has 6 heteroatoms. The van der Waals surface area contributed by atoms with Gasteiger partial charge in [0, 0.05) is 5.56 Å². The average molecular weight is 224 g/mol. The molecule has 1 aromatic rings. The summed E-state index contributed by atoms with van der Waals surface area (Å²) < 4.78 is 49.4. The Morgan fingerprint density at radius 2 is 1.87 bits per heavy atom. The molecule has 0 bridgehead atoms. The van der Waals surface area contributed by atoms with Crippen LogP contribution in [0.3, 0.4) is 0 Å². The maximum Gasteiger partial charge on any atom is 0.416 e. The van der Waals surface area contributed by atoms with E-state index in [-0.39, 0.29) is 11.6 Å². The Balaban J connectivity index is 3.09. The van der Waals surface area contributed by atoms with Gasteiger partial charge in [0.05, 0.1) is 12.2 Å². The van der Waals surface area contributed by atoms with E-state index in [0.29, 0.717) is 6.07 Å². The van der Waals surface area contributed by atoms with Crippen molar-refractivity contribution >= 4 is 0 Å². The molecule has 0 saturated heterocycles. The second-order valence-corrected chi connectivity index (χ2v) is 2.93. The standard InChI is InChI=1S/C9H8F4O2/c10-7-3-5(9(11,12)13)1-2-6(7)8(15)4-14/h1-3,8,14-15H,4H2. The number of benzene rings is 1. The van der Waals surface area contributed by atoms with Gasteiger partial charge >= 0.3 is 6.18 Å². The van der Waals surface area contributed by atoms with Gasteiger partial charge in [-0.05, 0) is 12.1 Å². The van der Waals surface area contributed by atoms with Gasteiger partial charge in [-0.25, -0.2) is 4.39 Å². The Kier molecular flexibility index (Phi) is 3.31. The lowest BCUT2D eigenvalue weighted by Crippen LogP contribution is -2.09. The van der Waals surface area contributed by atoms with Gasteiger partial charge in [0.15, 0.2) is 0 Å². The Labute approximate surface area is 82.8 Å². The van der Waals surface area contributed by atoms with Crippen LogP contribution in [0.1, 0.15) is 17.2 Å². The maximum absolute atomic E-state index is 13.0. The van der Waals surface area contributed by atoms with Gasteiger partial charge in [0.2, 0.25) is 0 Å². The zero-order valence-electron chi connectivity index (χ0n) is 7.42. The first kappa shape index (κ1) is 11.9. The maximum atomic E-state index is 13.0. The minimum atomic E-state index is -4.62. The van der Waals surface area contributed by atoms with E-state index in [1.54, 1.807) is 0 Å². The summed E-state index contributed by atoms with van der Waals surface area (Å²) >= 11 is 0. The van der Waals surface area contributed by atoms with Crippen molar-refractivity contribution in [3.05, 3.63) is 35.1 Å². The molecule has 1 aromatic carbocycles. The molecule has 0 heterocycles. The number of aliphatic hydroxyl groups is 2. The van der Waals surface area contributed by atoms with Crippen molar-refractivity contribution in [3.8, 4) is 0 Å². The van der Waals surface area contributed by atoms with Crippen LogP contribution in [0.5, 0.6) is 0 Å². The Bertz CT molecular complexity index is 348. The molecule has 0 aliphatic heterocycles. The van der Waals surface area contributed by atoms with Gasteiger partial charge in [-0.2, -0.15) is 13.2 Å². The second-order valence-electron chi connectivity index (χ2n) is 2.93. The molecule has 1 unspecified atom stereocenters. The summed E-state index contributed by atoms with van der Waals surface area (Å²) in [6.45, 7) is -0.748. The Hall–Kier alpha value is -1.14. The van der Waals surface area contributed by atoms with Crippen LogP contribution in [0, 0.1) is 5.82 Å². The highest BCUT2D eigenvalue weighted by atomic mass is 19.4. The van der Waals surface area contributed by atoms with E-state index < -0.39 is 30.3 Å². The van der Waals surface area contributed by atoms with Crippen molar-refractivity contribution < 1.29 is 27.8 Å². The number of alkyl halides is 3. The van der Waals surface area contributed by atoms with Gasteiger partial charge in [0.1, 0.15) is 11.9 Å². The highest BCUT2D eigenvalue weighted by Crippen LogP contribution is 2.31. The summed E-state index contributed by atoms with van der Waals surface area (Å²) in [5.41, 5.74) is -1.49.